The minimum absolute atomic E-state index is 0.0504. The number of nitrogens with one attached hydrogen (secondary N) is 1. The van der Waals surface area contributed by atoms with Crippen LogP contribution in [-0.2, 0) is 43.6 Å². The smallest absolute Gasteiger partial charge is 0.217 e. The Morgan fingerprint density at radius 1 is 0.778 bits per heavy atom. The number of hydrogen-bond acceptors (Lipinski definition) is 6. The molecule has 0 aromatic heterocycles. The highest BCUT2D eigenvalue weighted by Gasteiger charge is 2.37. The highest BCUT2D eigenvalue weighted by molar-refractivity contribution is 5.77. The van der Waals surface area contributed by atoms with E-state index in [4.69, 9.17) is 14.2 Å². The van der Waals surface area contributed by atoms with Gasteiger partial charge in [0, 0.05) is 6.92 Å². The van der Waals surface area contributed by atoms with Crippen LogP contribution in [0.1, 0.15) is 23.6 Å². The summed E-state index contributed by atoms with van der Waals surface area (Å²) in [6.45, 7) is 1.92. The summed E-state index contributed by atoms with van der Waals surface area (Å²) in [4.78, 5) is 23.9. The van der Waals surface area contributed by atoms with Gasteiger partial charge < -0.3 is 29.4 Å². The molecular formula is C29H33NO6. The third-order valence-electron chi connectivity index (χ3n) is 5.54. The fraction of sp³-hybridized carbons (Fsp3) is 0.310. The molecule has 0 fully saturated rings. The summed E-state index contributed by atoms with van der Waals surface area (Å²) in [7, 11) is 0. The molecule has 0 saturated heterocycles. The van der Waals surface area contributed by atoms with E-state index in [0.717, 1.165) is 16.7 Å². The molecule has 0 aliphatic heterocycles. The number of ether oxygens (including phenoxy) is 3. The zero-order valence-electron chi connectivity index (χ0n) is 20.4. The second-order valence-electron chi connectivity index (χ2n) is 8.45. The quantitative estimate of drug-likeness (QED) is 0.317. The summed E-state index contributed by atoms with van der Waals surface area (Å²) in [6.07, 6.45) is -2.46. The molecule has 2 N–H and O–H groups in total. The van der Waals surface area contributed by atoms with Crippen molar-refractivity contribution in [1.82, 2.24) is 5.32 Å². The van der Waals surface area contributed by atoms with E-state index < -0.39 is 30.3 Å². The van der Waals surface area contributed by atoms with E-state index >= 15 is 0 Å². The molecule has 0 spiro atoms. The molecule has 3 rings (SSSR count). The first kappa shape index (κ1) is 27.2. The van der Waals surface area contributed by atoms with Crippen molar-refractivity contribution in [3.63, 3.8) is 0 Å². The SMILES string of the molecule is CC(=O)N[C@H](C=O)[C@@H](OCc1ccccc1)[C@H](OCc1ccccc1)[C@H](O)COCc1ccccc1. The number of aliphatic hydroxyl groups is 1. The van der Waals surface area contributed by atoms with Crippen molar-refractivity contribution >= 4 is 12.2 Å². The lowest BCUT2D eigenvalue weighted by molar-refractivity contribution is -0.160. The Morgan fingerprint density at radius 3 is 1.67 bits per heavy atom. The Kier molecular flexibility index (Phi) is 11.3. The maximum absolute atomic E-state index is 12.0. The summed E-state index contributed by atoms with van der Waals surface area (Å²) >= 11 is 0. The van der Waals surface area contributed by atoms with Gasteiger partial charge in [0.05, 0.1) is 26.4 Å². The minimum Gasteiger partial charge on any atom is -0.388 e. The molecule has 0 aliphatic carbocycles. The Morgan fingerprint density at radius 2 is 1.22 bits per heavy atom. The van der Waals surface area contributed by atoms with Crippen molar-refractivity contribution in [1.29, 1.82) is 0 Å². The van der Waals surface area contributed by atoms with Crippen LogP contribution in [0, 0.1) is 0 Å². The number of benzene rings is 3. The normalized spacial score (nSPS) is 14.4. The van der Waals surface area contributed by atoms with Crippen molar-refractivity contribution in [2.24, 2.45) is 0 Å². The van der Waals surface area contributed by atoms with Gasteiger partial charge in [-0.25, -0.2) is 0 Å². The summed E-state index contributed by atoms with van der Waals surface area (Å²) in [5, 5.41) is 13.8. The molecule has 0 heterocycles. The van der Waals surface area contributed by atoms with Crippen LogP contribution in [0.15, 0.2) is 91.0 Å². The van der Waals surface area contributed by atoms with Gasteiger partial charge >= 0.3 is 0 Å². The molecule has 4 atom stereocenters. The van der Waals surface area contributed by atoms with Crippen LogP contribution in [0.2, 0.25) is 0 Å². The maximum atomic E-state index is 12.0. The van der Waals surface area contributed by atoms with Crippen molar-refractivity contribution in [2.45, 2.75) is 51.1 Å². The fourth-order valence-electron chi connectivity index (χ4n) is 3.76. The van der Waals surface area contributed by atoms with E-state index in [1.165, 1.54) is 6.92 Å². The Bertz CT molecular complexity index is 1030. The zero-order chi connectivity index (χ0) is 25.6. The largest absolute Gasteiger partial charge is 0.388 e. The first-order valence-corrected chi connectivity index (χ1v) is 11.9. The fourth-order valence-corrected chi connectivity index (χ4v) is 3.76. The summed E-state index contributed by atoms with van der Waals surface area (Å²) in [6, 6.07) is 27.5. The lowest BCUT2D eigenvalue weighted by atomic mass is 10.0. The number of carbonyl (C=O) groups is 2. The number of carbonyl (C=O) groups excluding carboxylic acids is 2. The second kappa shape index (κ2) is 14.9. The molecule has 0 saturated carbocycles. The van der Waals surface area contributed by atoms with Crippen LogP contribution in [-0.4, -0.2) is 48.3 Å². The molecule has 36 heavy (non-hydrogen) atoms. The predicted octanol–water partition coefficient (Wildman–Crippen LogP) is 3.44. The standard InChI is InChI=1S/C29H33NO6/c1-22(32)30-26(17-31)28(35-19-24-13-7-3-8-14-24)29(36-20-25-15-9-4-10-16-25)27(33)21-34-18-23-11-5-2-6-12-23/h2-17,26-29,33H,18-21H2,1H3,(H,30,32)/t26-,27-,28-,29-/m1/s1. The number of rotatable bonds is 15. The van der Waals surface area contributed by atoms with Crippen molar-refractivity contribution in [3.8, 4) is 0 Å². The van der Waals surface area contributed by atoms with E-state index in [1.807, 2.05) is 91.0 Å². The van der Waals surface area contributed by atoms with E-state index in [2.05, 4.69) is 5.32 Å². The van der Waals surface area contributed by atoms with Gasteiger partial charge in [0.25, 0.3) is 0 Å². The van der Waals surface area contributed by atoms with Gasteiger partial charge in [0.1, 0.15) is 30.6 Å². The van der Waals surface area contributed by atoms with Gasteiger partial charge in [-0.2, -0.15) is 0 Å². The topological polar surface area (TPSA) is 94.1 Å². The van der Waals surface area contributed by atoms with E-state index in [1.54, 1.807) is 0 Å². The molecule has 3 aromatic carbocycles. The molecule has 7 nitrogen and oxygen atoms in total. The first-order chi connectivity index (χ1) is 17.6. The van der Waals surface area contributed by atoms with Crippen LogP contribution in [0.5, 0.6) is 0 Å². The third-order valence-corrected chi connectivity index (χ3v) is 5.54. The molecule has 3 aromatic rings. The molecule has 1 amide bonds. The average molecular weight is 492 g/mol. The number of hydrogen-bond donors (Lipinski definition) is 2. The van der Waals surface area contributed by atoms with E-state index in [9.17, 15) is 14.7 Å². The molecule has 0 unspecified atom stereocenters. The van der Waals surface area contributed by atoms with Crippen molar-refractivity contribution in [2.75, 3.05) is 6.61 Å². The Balaban J connectivity index is 1.79. The summed E-state index contributed by atoms with van der Waals surface area (Å²) in [5.74, 6) is -0.392. The zero-order valence-corrected chi connectivity index (χ0v) is 20.4. The lowest BCUT2D eigenvalue weighted by Gasteiger charge is -2.34. The van der Waals surface area contributed by atoms with Gasteiger partial charge in [-0.1, -0.05) is 91.0 Å². The van der Waals surface area contributed by atoms with Gasteiger partial charge in [-0.3, -0.25) is 4.79 Å². The highest BCUT2D eigenvalue weighted by Crippen LogP contribution is 2.18. The van der Waals surface area contributed by atoms with Gasteiger partial charge in [0.15, 0.2) is 0 Å². The monoisotopic (exact) mass is 491 g/mol. The van der Waals surface area contributed by atoms with Crippen LogP contribution < -0.4 is 5.32 Å². The lowest BCUT2D eigenvalue weighted by Crippen LogP contribution is -2.55. The van der Waals surface area contributed by atoms with Gasteiger partial charge in [-0.15, -0.1) is 0 Å². The molecule has 190 valence electrons. The molecule has 0 bridgehead atoms. The Hall–Kier alpha value is -3.36. The van der Waals surface area contributed by atoms with Crippen LogP contribution >= 0.6 is 0 Å². The second-order valence-corrected chi connectivity index (χ2v) is 8.45. The van der Waals surface area contributed by atoms with Crippen LogP contribution in [0.3, 0.4) is 0 Å². The molecule has 0 radical (unpaired) electrons. The Labute approximate surface area is 212 Å². The van der Waals surface area contributed by atoms with Gasteiger partial charge in [0.2, 0.25) is 5.91 Å². The average Bonchev–Trinajstić information content (AvgIpc) is 2.91. The molecule has 7 heteroatoms. The highest BCUT2D eigenvalue weighted by atomic mass is 16.6. The molecular weight excluding hydrogens is 458 g/mol. The molecule has 0 aliphatic rings. The minimum atomic E-state index is -1.13. The van der Waals surface area contributed by atoms with Crippen LogP contribution in [0.25, 0.3) is 0 Å². The van der Waals surface area contributed by atoms with Crippen molar-refractivity contribution in [3.05, 3.63) is 108 Å². The predicted molar refractivity (Wildman–Crippen MR) is 136 cm³/mol. The third kappa shape index (κ3) is 9.02. The summed E-state index contributed by atoms with van der Waals surface area (Å²) in [5.41, 5.74) is 2.74. The number of aldehydes is 1. The number of aliphatic hydroxyl groups excluding tert-OH is 1. The van der Waals surface area contributed by atoms with Gasteiger partial charge in [-0.05, 0) is 16.7 Å². The summed E-state index contributed by atoms with van der Waals surface area (Å²) < 4.78 is 18.0. The van der Waals surface area contributed by atoms with Crippen LogP contribution in [0.4, 0.5) is 0 Å². The van der Waals surface area contributed by atoms with E-state index in [-0.39, 0.29) is 19.8 Å². The van der Waals surface area contributed by atoms with E-state index in [0.29, 0.717) is 12.9 Å². The number of amides is 1. The van der Waals surface area contributed by atoms with Crippen molar-refractivity contribution < 1.29 is 28.9 Å². The first-order valence-electron chi connectivity index (χ1n) is 11.9. The maximum Gasteiger partial charge on any atom is 0.217 e.